The molecule has 0 saturated carbocycles. The predicted octanol–water partition coefficient (Wildman–Crippen LogP) is 4.44. The highest BCUT2D eigenvalue weighted by atomic mass is 35.5. The van der Waals surface area contributed by atoms with Crippen LogP contribution in [0, 0.1) is 0 Å². The van der Waals surface area contributed by atoms with Gasteiger partial charge in [-0.05, 0) is 48.9 Å². The Morgan fingerprint density at radius 1 is 1.21 bits per heavy atom. The Morgan fingerprint density at radius 3 is 2.50 bits per heavy atom. The predicted molar refractivity (Wildman–Crippen MR) is 84.8 cm³/mol. The van der Waals surface area contributed by atoms with Gasteiger partial charge in [0.15, 0.2) is 6.10 Å². The van der Waals surface area contributed by atoms with E-state index in [0.29, 0.717) is 16.3 Å². The van der Waals surface area contributed by atoms with Gasteiger partial charge in [0.25, 0.3) is 5.91 Å². The lowest BCUT2D eigenvalue weighted by Crippen LogP contribution is -2.35. The van der Waals surface area contributed by atoms with Gasteiger partial charge in [-0.2, -0.15) is 13.2 Å². The van der Waals surface area contributed by atoms with Crippen molar-refractivity contribution in [2.24, 2.45) is 0 Å². The van der Waals surface area contributed by atoms with E-state index in [1.54, 1.807) is 31.2 Å². The Bertz CT molecular complexity index is 702. The van der Waals surface area contributed by atoms with Gasteiger partial charge >= 0.3 is 6.18 Å². The molecule has 0 aromatic heterocycles. The number of halogens is 4. The van der Waals surface area contributed by atoms with Crippen LogP contribution in [0.2, 0.25) is 5.02 Å². The molecule has 7 heteroatoms. The highest BCUT2D eigenvalue weighted by molar-refractivity contribution is 6.30. The van der Waals surface area contributed by atoms with Crippen LogP contribution in [0.1, 0.15) is 18.1 Å². The maximum Gasteiger partial charge on any atom is 0.416 e. The summed E-state index contributed by atoms with van der Waals surface area (Å²) in [5.41, 5.74) is -0.392. The van der Waals surface area contributed by atoms with Crippen LogP contribution in [-0.2, 0) is 17.5 Å². The van der Waals surface area contributed by atoms with Crippen LogP contribution in [0.25, 0.3) is 0 Å². The molecule has 2 rings (SSSR count). The van der Waals surface area contributed by atoms with Gasteiger partial charge in [-0.15, -0.1) is 0 Å². The van der Waals surface area contributed by atoms with Crippen molar-refractivity contribution in [2.45, 2.75) is 25.7 Å². The summed E-state index contributed by atoms with van der Waals surface area (Å²) in [5, 5.41) is 3.10. The second kappa shape index (κ2) is 7.57. The third-order valence-electron chi connectivity index (χ3n) is 3.22. The number of hydrogen-bond acceptors (Lipinski definition) is 2. The Kier molecular flexibility index (Phi) is 5.72. The average molecular weight is 358 g/mol. The lowest BCUT2D eigenvalue weighted by molar-refractivity contribution is -0.137. The van der Waals surface area contributed by atoms with Gasteiger partial charge < -0.3 is 10.1 Å². The molecule has 1 amide bonds. The minimum Gasteiger partial charge on any atom is -0.481 e. The third-order valence-corrected chi connectivity index (χ3v) is 3.47. The topological polar surface area (TPSA) is 38.3 Å². The fraction of sp³-hybridized carbons (Fsp3) is 0.235. The van der Waals surface area contributed by atoms with E-state index in [-0.39, 0.29) is 6.54 Å². The van der Waals surface area contributed by atoms with Crippen LogP contribution in [0.15, 0.2) is 48.5 Å². The Morgan fingerprint density at radius 2 is 1.88 bits per heavy atom. The van der Waals surface area contributed by atoms with Crippen molar-refractivity contribution in [2.75, 3.05) is 0 Å². The zero-order valence-corrected chi connectivity index (χ0v) is 13.5. The van der Waals surface area contributed by atoms with Gasteiger partial charge in [-0.3, -0.25) is 4.79 Å². The molecule has 0 aliphatic rings. The van der Waals surface area contributed by atoms with Crippen LogP contribution in [-0.4, -0.2) is 12.0 Å². The van der Waals surface area contributed by atoms with E-state index in [0.717, 1.165) is 12.1 Å². The minimum absolute atomic E-state index is 0.0168. The number of nitrogens with one attached hydrogen (secondary N) is 1. The number of ether oxygens (including phenoxy) is 1. The SMILES string of the molecule is C[C@H](Oc1ccc(Cl)cc1)C(=O)NCc1cccc(C(F)(F)F)c1. The Balaban J connectivity index is 1.91. The Hall–Kier alpha value is -2.21. The third kappa shape index (κ3) is 5.16. The van der Waals surface area contributed by atoms with Crippen LogP contribution in [0.3, 0.4) is 0 Å². The first-order valence-corrected chi connectivity index (χ1v) is 7.49. The monoisotopic (exact) mass is 357 g/mol. The smallest absolute Gasteiger partial charge is 0.416 e. The summed E-state index contributed by atoms with van der Waals surface area (Å²) in [4.78, 5) is 12.0. The number of carbonyl (C=O) groups is 1. The molecular formula is C17H15ClF3NO2. The van der Waals surface area contributed by atoms with Gasteiger partial charge in [0.2, 0.25) is 0 Å². The molecule has 0 aliphatic carbocycles. The number of carbonyl (C=O) groups excluding carboxylic acids is 1. The van der Waals surface area contributed by atoms with Gasteiger partial charge in [-0.25, -0.2) is 0 Å². The highest BCUT2D eigenvalue weighted by Gasteiger charge is 2.30. The lowest BCUT2D eigenvalue weighted by Gasteiger charge is -2.15. The molecule has 0 heterocycles. The molecule has 2 aromatic carbocycles. The van der Waals surface area contributed by atoms with E-state index in [1.165, 1.54) is 12.1 Å². The first-order chi connectivity index (χ1) is 11.3. The van der Waals surface area contributed by atoms with Crippen LogP contribution >= 0.6 is 11.6 Å². The molecule has 1 N–H and O–H groups in total. The quantitative estimate of drug-likeness (QED) is 0.859. The molecule has 1 atom stereocenters. The van der Waals surface area contributed by atoms with Crippen molar-refractivity contribution < 1.29 is 22.7 Å². The summed E-state index contributed by atoms with van der Waals surface area (Å²) in [7, 11) is 0. The number of amides is 1. The molecular weight excluding hydrogens is 343 g/mol. The van der Waals surface area contributed by atoms with Crippen molar-refractivity contribution in [3.63, 3.8) is 0 Å². The minimum atomic E-state index is -4.41. The molecule has 0 bridgehead atoms. The molecule has 24 heavy (non-hydrogen) atoms. The van der Waals surface area contributed by atoms with E-state index in [4.69, 9.17) is 16.3 Å². The molecule has 0 unspecified atom stereocenters. The van der Waals surface area contributed by atoms with E-state index < -0.39 is 23.8 Å². The standard InChI is InChI=1S/C17H15ClF3NO2/c1-11(24-15-7-5-14(18)6-8-15)16(23)22-10-12-3-2-4-13(9-12)17(19,20)21/h2-9,11H,10H2,1H3,(H,22,23)/t11-/m0/s1. The fourth-order valence-electron chi connectivity index (χ4n) is 1.96. The lowest BCUT2D eigenvalue weighted by atomic mass is 10.1. The van der Waals surface area contributed by atoms with E-state index in [9.17, 15) is 18.0 Å². The molecule has 0 fully saturated rings. The number of benzene rings is 2. The van der Waals surface area contributed by atoms with Crippen LogP contribution in [0.5, 0.6) is 5.75 Å². The van der Waals surface area contributed by atoms with E-state index >= 15 is 0 Å². The number of rotatable bonds is 5. The second-order valence-electron chi connectivity index (χ2n) is 5.13. The molecule has 0 radical (unpaired) electrons. The van der Waals surface area contributed by atoms with Crippen LogP contribution in [0.4, 0.5) is 13.2 Å². The summed E-state index contributed by atoms with van der Waals surface area (Å²) in [6.45, 7) is 1.53. The van der Waals surface area contributed by atoms with Crippen LogP contribution < -0.4 is 10.1 Å². The van der Waals surface area contributed by atoms with Gasteiger partial charge in [0.1, 0.15) is 5.75 Å². The van der Waals surface area contributed by atoms with Gasteiger partial charge in [0.05, 0.1) is 5.56 Å². The van der Waals surface area contributed by atoms with Crippen molar-refractivity contribution >= 4 is 17.5 Å². The summed E-state index contributed by atoms with van der Waals surface area (Å²) < 4.78 is 43.4. The van der Waals surface area contributed by atoms with Crippen molar-refractivity contribution in [3.8, 4) is 5.75 Å². The zero-order valence-electron chi connectivity index (χ0n) is 12.7. The van der Waals surface area contributed by atoms with Gasteiger partial charge in [-0.1, -0.05) is 23.7 Å². The molecule has 2 aromatic rings. The summed E-state index contributed by atoms with van der Waals surface area (Å²) in [5.74, 6) is 0.0449. The molecule has 0 aliphatic heterocycles. The van der Waals surface area contributed by atoms with E-state index in [2.05, 4.69) is 5.32 Å². The summed E-state index contributed by atoms with van der Waals surface area (Å²) >= 11 is 5.76. The maximum absolute atomic E-state index is 12.6. The average Bonchev–Trinajstić information content (AvgIpc) is 2.54. The highest BCUT2D eigenvalue weighted by Crippen LogP contribution is 2.29. The second-order valence-corrected chi connectivity index (χ2v) is 5.57. The van der Waals surface area contributed by atoms with E-state index in [1.807, 2.05) is 0 Å². The molecule has 0 saturated heterocycles. The number of hydrogen-bond donors (Lipinski definition) is 1. The maximum atomic E-state index is 12.6. The molecule has 128 valence electrons. The fourth-order valence-corrected chi connectivity index (χ4v) is 2.09. The van der Waals surface area contributed by atoms with Crippen molar-refractivity contribution in [3.05, 3.63) is 64.7 Å². The zero-order chi connectivity index (χ0) is 17.7. The number of alkyl halides is 3. The van der Waals surface area contributed by atoms with Crippen molar-refractivity contribution in [1.82, 2.24) is 5.32 Å². The first-order valence-electron chi connectivity index (χ1n) is 7.12. The molecule has 3 nitrogen and oxygen atoms in total. The Labute approximate surface area is 142 Å². The summed E-state index contributed by atoms with van der Waals surface area (Å²) in [6, 6.07) is 11.3. The van der Waals surface area contributed by atoms with Gasteiger partial charge in [0, 0.05) is 11.6 Å². The summed E-state index contributed by atoms with van der Waals surface area (Å²) in [6.07, 6.45) is -5.21. The van der Waals surface area contributed by atoms with Crippen molar-refractivity contribution in [1.29, 1.82) is 0 Å². The largest absolute Gasteiger partial charge is 0.481 e. The first kappa shape index (κ1) is 18.1. The normalized spacial score (nSPS) is 12.5. The molecule has 0 spiro atoms.